The van der Waals surface area contributed by atoms with Crippen molar-refractivity contribution in [3.05, 3.63) is 0 Å². The van der Waals surface area contributed by atoms with Gasteiger partial charge in [-0.2, -0.15) is 0 Å². The molecule has 0 aliphatic rings. The lowest BCUT2D eigenvalue weighted by molar-refractivity contribution is -0.132. The second kappa shape index (κ2) is 48.3. The van der Waals surface area contributed by atoms with Crippen molar-refractivity contribution in [3.8, 4) is 0 Å². The van der Waals surface area contributed by atoms with Gasteiger partial charge in [0.15, 0.2) is 5.78 Å². The molecule has 0 heterocycles. The van der Waals surface area contributed by atoms with Crippen molar-refractivity contribution < 1.29 is 33.6 Å². The van der Waals surface area contributed by atoms with E-state index in [1.165, 1.54) is 0 Å². The highest BCUT2D eigenvalue weighted by atomic mass is 16.2. The van der Waals surface area contributed by atoms with Gasteiger partial charge in [0.25, 0.3) is 0 Å². The first kappa shape index (κ1) is 97.3. The second-order valence-electron chi connectivity index (χ2n) is 37.7. The van der Waals surface area contributed by atoms with Crippen LogP contribution in [0.15, 0.2) is 0 Å². The molecule has 99 heavy (non-hydrogen) atoms. The molecule has 0 spiro atoms. The fourth-order valence-electron chi connectivity index (χ4n) is 11.4. The van der Waals surface area contributed by atoms with E-state index in [9.17, 15) is 33.6 Å². The number of amides is 6. The van der Waals surface area contributed by atoms with Crippen molar-refractivity contribution >= 4 is 41.7 Å². The Morgan fingerprint density at radius 3 is 0.798 bits per heavy atom. The summed E-state index contributed by atoms with van der Waals surface area (Å²) < 4.78 is 0. The molecule has 0 aromatic heterocycles. The normalized spacial score (nSPS) is 14.7. The molecule has 6 atom stereocenters. The van der Waals surface area contributed by atoms with Gasteiger partial charge >= 0.3 is 0 Å². The lowest BCUT2D eigenvalue weighted by atomic mass is 9.82. The zero-order valence-electron chi connectivity index (χ0n) is 69.1. The molecule has 0 fully saturated rings. The van der Waals surface area contributed by atoms with Crippen LogP contribution in [-0.4, -0.2) is 163 Å². The van der Waals surface area contributed by atoms with Gasteiger partial charge in [-0.3, -0.25) is 33.6 Å². The van der Waals surface area contributed by atoms with E-state index >= 15 is 0 Å². The minimum Gasteiger partial charge on any atom is -0.355 e. The number of ketones is 1. The lowest BCUT2D eigenvalue weighted by Gasteiger charge is -2.28. The quantitative estimate of drug-likeness (QED) is 0.0199. The molecule has 0 radical (unpaired) electrons. The molecule has 0 aromatic rings. The Hall–Kier alpha value is -3.79. The minimum atomic E-state index is -0.711. The van der Waals surface area contributed by atoms with E-state index < -0.39 is 17.5 Å². The Bertz CT molecular complexity index is 2160. The van der Waals surface area contributed by atoms with Crippen molar-refractivity contribution in [1.82, 2.24) is 69.1 Å². The molecule has 0 saturated heterocycles. The topological polar surface area (TPSA) is 276 Å². The van der Waals surface area contributed by atoms with Crippen LogP contribution in [-0.2, 0) is 33.6 Å². The SMILES string of the molecule is CC(C)(C)CC(CCCCNC(C)(C)C)C(=O)NC(CCCCNC(=O)C(CCCCNC(C)(C)C)NC(C)(C)C)C(=O)NCCCCC(NC=O)C(=O)C(C)(C)C.CC(C)(C)NCCCCC(NC(C)(C)C)C(=O)NCCCCCNC(=O)C(CCCCNC(C)(C)C)NC(C)(C)C. The fourth-order valence-corrected chi connectivity index (χ4v) is 11.4. The van der Waals surface area contributed by atoms with Crippen LogP contribution < -0.4 is 69.1 Å². The van der Waals surface area contributed by atoms with E-state index in [0.717, 1.165) is 122 Å². The first-order valence-electron chi connectivity index (χ1n) is 38.7. The molecule has 0 aliphatic heterocycles. The molecule has 6 amide bonds. The maximum Gasteiger partial charge on any atom is 0.242 e. The van der Waals surface area contributed by atoms with Crippen LogP contribution in [0.5, 0.6) is 0 Å². The summed E-state index contributed by atoms with van der Waals surface area (Å²) in [5, 5.41) is 42.8. The predicted molar refractivity (Wildman–Crippen MR) is 417 cm³/mol. The summed E-state index contributed by atoms with van der Waals surface area (Å²) in [4.78, 5) is 90.8. The highest BCUT2D eigenvalue weighted by molar-refractivity contribution is 5.90. The van der Waals surface area contributed by atoms with Crippen LogP contribution in [0, 0.1) is 16.7 Å². The molecule has 0 aromatic carbocycles. The molecule has 584 valence electrons. The number of Topliss-reactive ketones (excluding diaryl/α,β-unsaturated/α-hetero) is 1. The minimum absolute atomic E-state index is 0.0150. The number of hydrogen-bond acceptors (Lipinski definition) is 14. The van der Waals surface area contributed by atoms with E-state index in [-0.39, 0.29) is 104 Å². The molecule has 0 bridgehead atoms. The van der Waals surface area contributed by atoms with E-state index in [1.54, 1.807) is 0 Å². The molecule has 0 aliphatic carbocycles. The van der Waals surface area contributed by atoms with E-state index in [0.29, 0.717) is 77.5 Å². The zero-order chi connectivity index (χ0) is 76.5. The van der Waals surface area contributed by atoms with Crippen molar-refractivity contribution in [1.29, 1.82) is 0 Å². The smallest absolute Gasteiger partial charge is 0.242 e. The first-order chi connectivity index (χ1) is 45.2. The van der Waals surface area contributed by atoms with Crippen molar-refractivity contribution in [3.63, 3.8) is 0 Å². The summed E-state index contributed by atoms with van der Waals surface area (Å²) in [6.45, 7) is 62.6. The van der Waals surface area contributed by atoms with Crippen LogP contribution in [0.3, 0.4) is 0 Å². The molecule has 0 saturated carbocycles. The number of rotatable bonds is 49. The summed E-state index contributed by atoms with van der Waals surface area (Å²) in [6.07, 6.45) is 18.6. The van der Waals surface area contributed by atoms with Gasteiger partial charge in [0.2, 0.25) is 35.9 Å². The molecule has 0 rings (SSSR count). The van der Waals surface area contributed by atoms with Gasteiger partial charge < -0.3 is 69.1 Å². The average Bonchev–Trinajstić information content (AvgIpc) is 0.925. The van der Waals surface area contributed by atoms with Gasteiger partial charge in [-0.25, -0.2) is 0 Å². The lowest BCUT2D eigenvalue weighted by Crippen LogP contribution is -2.52. The maximum atomic E-state index is 13.9. The summed E-state index contributed by atoms with van der Waals surface area (Å²) in [7, 11) is 0. The Morgan fingerprint density at radius 1 is 0.283 bits per heavy atom. The Labute approximate surface area is 607 Å². The van der Waals surface area contributed by atoms with Crippen LogP contribution in [0.1, 0.15) is 328 Å². The number of unbranched alkanes of at least 4 members (excludes halogenated alkanes) is 8. The third-order valence-corrected chi connectivity index (χ3v) is 16.2. The highest BCUT2D eigenvalue weighted by Crippen LogP contribution is 2.28. The van der Waals surface area contributed by atoms with Gasteiger partial charge in [0.05, 0.1) is 24.2 Å². The largest absolute Gasteiger partial charge is 0.355 e. The second-order valence-corrected chi connectivity index (χ2v) is 37.7. The average molecular weight is 1410 g/mol. The van der Waals surface area contributed by atoms with Crippen molar-refractivity contribution in [2.24, 2.45) is 16.7 Å². The van der Waals surface area contributed by atoms with Gasteiger partial charge in [0, 0.05) is 76.3 Å². The third kappa shape index (κ3) is 60.3. The van der Waals surface area contributed by atoms with Crippen molar-refractivity contribution in [2.45, 2.75) is 397 Å². The van der Waals surface area contributed by atoms with Crippen LogP contribution in [0.4, 0.5) is 0 Å². The van der Waals surface area contributed by atoms with Gasteiger partial charge in [-0.05, 0) is 293 Å². The molecule has 13 N–H and O–H groups in total. The van der Waals surface area contributed by atoms with Gasteiger partial charge in [-0.1, -0.05) is 67.2 Å². The molecule has 6 unspecified atom stereocenters. The monoisotopic (exact) mass is 1400 g/mol. The number of carbonyl (C=O) groups is 7. The van der Waals surface area contributed by atoms with Crippen LogP contribution in [0.2, 0.25) is 0 Å². The first-order valence-corrected chi connectivity index (χ1v) is 38.7. The van der Waals surface area contributed by atoms with E-state index in [1.807, 2.05) is 20.8 Å². The molecular formula is C79H161N13O7. The third-order valence-electron chi connectivity index (χ3n) is 16.2. The number of nitrogens with one attached hydrogen (secondary N) is 13. The van der Waals surface area contributed by atoms with Crippen LogP contribution >= 0.6 is 0 Å². The molecular weight excluding hydrogens is 1240 g/mol. The zero-order valence-corrected chi connectivity index (χ0v) is 69.1. The molecule has 20 nitrogen and oxygen atoms in total. The fraction of sp³-hybridized carbons (Fsp3) is 0.911. The Morgan fingerprint density at radius 2 is 0.535 bits per heavy atom. The summed E-state index contributed by atoms with van der Waals surface area (Å²) in [5.74, 6) is -0.406. The van der Waals surface area contributed by atoms with Gasteiger partial charge in [-0.15, -0.1) is 0 Å². The summed E-state index contributed by atoms with van der Waals surface area (Å²) in [6, 6.07) is -1.94. The van der Waals surface area contributed by atoms with Crippen LogP contribution in [0.25, 0.3) is 0 Å². The molecule has 20 heteroatoms. The summed E-state index contributed by atoms with van der Waals surface area (Å²) >= 11 is 0. The number of carbonyl (C=O) groups excluding carboxylic acids is 7. The highest BCUT2D eigenvalue weighted by Gasteiger charge is 2.32. The Balaban J connectivity index is 0. The summed E-state index contributed by atoms with van der Waals surface area (Å²) in [5.41, 5.74) is -0.735. The standard InChI is InChI=1S/C46H91N7O5.C33H70N6O2/c1-42(2,3)32-34(24-16-22-30-50-44(7,8)9)39(56)52-36(40(57)47-28-20-17-25-35(49-33-54)38(55)43(4,5)6)26-18-21-29-48-41(58)37(53-46(13,14)15)27-19-23-31-51-45(10,11)12;1-30(2,3)36-24-18-14-20-26(38-32(7,8)9)28(40)34-22-16-13-17-23-35-29(41)27(39-33(10,11)12)21-15-19-25-37-31(4,5)6/h33-37,50-51,53H,16-32H2,1-15H3,(H,47,57)(H,48,58)(H,49,54)(H,52,56);26-27,36-39H,13-25H2,1-12H3,(H,34,40)(H,35,41). The van der Waals surface area contributed by atoms with E-state index in [2.05, 4.69) is 235 Å². The van der Waals surface area contributed by atoms with Gasteiger partial charge in [0.1, 0.15) is 6.04 Å². The Kier molecular flexibility index (Phi) is 47.4. The number of hydrogen-bond donors (Lipinski definition) is 13. The predicted octanol–water partition coefficient (Wildman–Crippen LogP) is 11.7. The van der Waals surface area contributed by atoms with E-state index in [4.69, 9.17) is 0 Å². The maximum absolute atomic E-state index is 13.9. The van der Waals surface area contributed by atoms with Crippen molar-refractivity contribution in [2.75, 3.05) is 52.4 Å².